The fraction of sp³-hybridized carbons (Fsp3) is 0.167. The first-order chi connectivity index (χ1) is 9.62. The van der Waals surface area contributed by atoms with E-state index in [1.165, 1.54) is 7.05 Å². The quantitative estimate of drug-likeness (QED) is 0.876. The Morgan fingerprint density at radius 3 is 2.48 bits per heavy atom. The van der Waals surface area contributed by atoms with Gasteiger partial charge in [-0.3, -0.25) is 4.68 Å². The number of aryl methyl sites for hydroxylation is 1. The third kappa shape index (κ3) is 2.59. The van der Waals surface area contributed by atoms with Gasteiger partial charge >= 0.3 is 5.97 Å². The molecular formula is C12H11FN2O5S. The Kier molecular flexibility index (Phi) is 3.46. The molecule has 0 fully saturated rings. The summed E-state index contributed by atoms with van der Waals surface area (Å²) in [5, 5.41) is 22.1. The normalized spacial score (nSPS) is 11.6. The maximum absolute atomic E-state index is 14.4. The molecule has 2 N–H and O–H groups in total. The summed E-state index contributed by atoms with van der Waals surface area (Å²) in [5.41, 5.74) is -0.397. The second kappa shape index (κ2) is 4.85. The zero-order chi connectivity index (χ0) is 15.9. The van der Waals surface area contributed by atoms with E-state index in [4.69, 9.17) is 5.11 Å². The average molecular weight is 314 g/mol. The highest BCUT2D eigenvalue weighted by atomic mass is 32.2. The zero-order valence-electron chi connectivity index (χ0n) is 11.0. The molecule has 0 unspecified atom stereocenters. The van der Waals surface area contributed by atoms with E-state index in [0.29, 0.717) is 0 Å². The van der Waals surface area contributed by atoms with E-state index in [0.717, 1.165) is 29.1 Å². The van der Waals surface area contributed by atoms with Crippen LogP contribution in [0.5, 0.6) is 5.75 Å². The first-order valence-corrected chi connectivity index (χ1v) is 7.51. The number of phenolic OH excluding ortho intramolecular Hbond substituents is 1. The third-order valence-electron chi connectivity index (χ3n) is 2.82. The van der Waals surface area contributed by atoms with Crippen LogP contribution >= 0.6 is 0 Å². The van der Waals surface area contributed by atoms with Crippen LogP contribution in [0.25, 0.3) is 11.3 Å². The molecule has 1 aromatic heterocycles. The van der Waals surface area contributed by atoms with E-state index in [9.17, 15) is 22.7 Å². The zero-order valence-corrected chi connectivity index (χ0v) is 11.8. The Bertz CT molecular complexity index is 842. The van der Waals surface area contributed by atoms with Crippen molar-refractivity contribution in [2.75, 3.05) is 6.26 Å². The number of carboxylic acid groups (broad SMARTS) is 1. The minimum Gasteiger partial charge on any atom is -0.506 e. The molecule has 112 valence electrons. The van der Waals surface area contributed by atoms with Gasteiger partial charge in [0.15, 0.2) is 21.3 Å². The number of phenols is 1. The van der Waals surface area contributed by atoms with Crippen molar-refractivity contribution in [3.8, 4) is 17.0 Å². The number of aromatic carboxylic acids is 1. The molecule has 0 saturated carbocycles. The van der Waals surface area contributed by atoms with E-state index in [1.807, 2.05) is 0 Å². The lowest BCUT2D eigenvalue weighted by Gasteiger charge is -2.09. The number of carboxylic acids is 1. The molecule has 0 aliphatic rings. The van der Waals surface area contributed by atoms with Gasteiger partial charge in [0.2, 0.25) is 0 Å². The van der Waals surface area contributed by atoms with Gasteiger partial charge in [-0.2, -0.15) is 5.10 Å². The van der Waals surface area contributed by atoms with Crippen molar-refractivity contribution in [1.82, 2.24) is 9.78 Å². The number of aromatic hydroxyl groups is 1. The molecule has 9 heteroatoms. The Balaban J connectivity index is 2.75. The van der Waals surface area contributed by atoms with E-state index in [2.05, 4.69) is 5.10 Å². The van der Waals surface area contributed by atoms with Gasteiger partial charge in [0.25, 0.3) is 0 Å². The van der Waals surface area contributed by atoms with E-state index < -0.39 is 32.3 Å². The fourth-order valence-electron chi connectivity index (χ4n) is 1.92. The Hall–Kier alpha value is -2.42. The average Bonchev–Trinajstić information content (AvgIpc) is 2.70. The van der Waals surface area contributed by atoms with Gasteiger partial charge in [-0.25, -0.2) is 17.6 Å². The van der Waals surface area contributed by atoms with Gasteiger partial charge in [0.1, 0.15) is 10.6 Å². The van der Waals surface area contributed by atoms with Crippen LogP contribution in [-0.2, 0) is 16.9 Å². The molecule has 2 aromatic rings. The molecule has 21 heavy (non-hydrogen) atoms. The summed E-state index contributed by atoms with van der Waals surface area (Å²) in [6.45, 7) is 0. The Morgan fingerprint density at radius 1 is 1.38 bits per heavy atom. The number of rotatable bonds is 3. The van der Waals surface area contributed by atoms with Gasteiger partial charge < -0.3 is 10.2 Å². The maximum atomic E-state index is 14.4. The number of aromatic nitrogens is 2. The van der Waals surface area contributed by atoms with Crippen molar-refractivity contribution >= 4 is 15.8 Å². The maximum Gasteiger partial charge on any atom is 0.356 e. The summed E-state index contributed by atoms with van der Waals surface area (Å²) in [7, 11) is -2.59. The summed E-state index contributed by atoms with van der Waals surface area (Å²) in [6, 6.07) is 3.30. The van der Waals surface area contributed by atoms with Crippen molar-refractivity contribution in [2.24, 2.45) is 7.05 Å². The Morgan fingerprint density at radius 2 is 2.00 bits per heavy atom. The molecule has 0 atom stereocenters. The molecule has 1 aromatic carbocycles. The lowest BCUT2D eigenvalue weighted by Crippen LogP contribution is -2.04. The smallest absolute Gasteiger partial charge is 0.356 e. The predicted octanol–water partition coefficient (Wildman–Crippen LogP) is 1.03. The summed E-state index contributed by atoms with van der Waals surface area (Å²) in [6.07, 6.45) is 0.765. The van der Waals surface area contributed by atoms with E-state index >= 15 is 0 Å². The third-order valence-corrected chi connectivity index (χ3v) is 3.95. The lowest BCUT2D eigenvalue weighted by molar-refractivity contribution is 0.0689. The van der Waals surface area contributed by atoms with Gasteiger partial charge in [-0.1, -0.05) is 0 Å². The highest BCUT2D eigenvalue weighted by Gasteiger charge is 2.24. The second-order valence-corrected chi connectivity index (χ2v) is 6.34. The monoisotopic (exact) mass is 314 g/mol. The van der Waals surface area contributed by atoms with Crippen LogP contribution in [0.2, 0.25) is 0 Å². The molecule has 0 radical (unpaired) electrons. The molecule has 0 aliphatic carbocycles. The number of carbonyl (C=O) groups is 1. The summed E-state index contributed by atoms with van der Waals surface area (Å²) >= 11 is 0. The minimum absolute atomic E-state index is 0.0785. The summed E-state index contributed by atoms with van der Waals surface area (Å²) < 4.78 is 38.6. The molecule has 0 spiro atoms. The number of halogens is 1. The summed E-state index contributed by atoms with van der Waals surface area (Å²) in [5.74, 6) is -3.16. The molecule has 7 nitrogen and oxygen atoms in total. The standard InChI is InChI=1S/C12H11FN2O5S/c1-15-8(5-7(14-15)12(17)18)6-3-4-9(16)11(10(6)13)21(2,19)20/h3-5,16H,1-2H3,(H,17,18). The first kappa shape index (κ1) is 15.0. The molecule has 1 heterocycles. The van der Waals surface area contributed by atoms with Crippen LogP contribution in [-0.4, -0.2) is 40.6 Å². The molecule has 0 aliphatic heterocycles. The first-order valence-electron chi connectivity index (χ1n) is 5.62. The van der Waals surface area contributed by atoms with Crippen LogP contribution in [0.1, 0.15) is 10.5 Å². The number of hydrogen-bond donors (Lipinski definition) is 2. The van der Waals surface area contributed by atoms with Crippen molar-refractivity contribution in [3.05, 3.63) is 29.7 Å². The lowest BCUT2D eigenvalue weighted by atomic mass is 10.1. The number of hydrogen-bond acceptors (Lipinski definition) is 5. The van der Waals surface area contributed by atoms with Crippen LogP contribution in [0.3, 0.4) is 0 Å². The van der Waals surface area contributed by atoms with Crippen molar-refractivity contribution < 1.29 is 27.8 Å². The summed E-state index contributed by atoms with van der Waals surface area (Å²) in [4.78, 5) is 10.0. The topological polar surface area (TPSA) is 109 Å². The SMILES string of the molecule is Cn1nc(C(=O)O)cc1-c1ccc(O)c(S(C)(=O)=O)c1F. The van der Waals surface area contributed by atoms with E-state index in [1.54, 1.807) is 0 Å². The molecular weight excluding hydrogens is 303 g/mol. The van der Waals surface area contributed by atoms with Crippen molar-refractivity contribution in [3.63, 3.8) is 0 Å². The van der Waals surface area contributed by atoms with Crippen LogP contribution in [0.15, 0.2) is 23.1 Å². The van der Waals surface area contributed by atoms with Crippen LogP contribution in [0.4, 0.5) is 4.39 Å². The second-order valence-electron chi connectivity index (χ2n) is 4.39. The van der Waals surface area contributed by atoms with Gasteiger partial charge in [-0.05, 0) is 18.2 Å². The number of benzene rings is 1. The highest BCUT2D eigenvalue weighted by Crippen LogP contribution is 2.33. The molecule has 0 amide bonds. The van der Waals surface area contributed by atoms with Gasteiger partial charge in [0, 0.05) is 18.9 Å². The highest BCUT2D eigenvalue weighted by molar-refractivity contribution is 7.90. The fourth-order valence-corrected chi connectivity index (χ4v) is 2.80. The predicted molar refractivity (Wildman–Crippen MR) is 70.3 cm³/mol. The van der Waals surface area contributed by atoms with Crippen molar-refractivity contribution in [2.45, 2.75) is 4.90 Å². The van der Waals surface area contributed by atoms with Crippen LogP contribution < -0.4 is 0 Å². The van der Waals surface area contributed by atoms with Crippen molar-refractivity contribution in [1.29, 1.82) is 0 Å². The van der Waals surface area contributed by atoms with Gasteiger partial charge in [0.05, 0.1) is 5.69 Å². The molecule has 2 rings (SSSR count). The van der Waals surface area contributed by atoms with Crippen LogP contribution in [0, 0.1) is 5.82 Å². The largest absolute Gasteiger partial charge is 0.506 e. The Labute approximate surface area is 119 Å². The molecule has 0 saturated heterocycles. The number of sulfone groups is 1. The minimum atomic E-state index is -3.99. The number of nitrogens with zero attached hydrogens (tertiary/aromatic N) is 2. The van der Waals surface area contributed by atoms with Gasteiger partial charge in [-0.15, -0.1) is 0 Å². The van der Waals surface area contributed by atoms with E-state index in [-0.39, 0.29) is 17.0 Å². The molecule has 0 bridgehead atoms.